The summed E-state index contributed by atoms with van der Waals surface area (Å²) in [6.07, 6.45) is -3.29. The second-order valence-corrected chi connectivity index (χ2v) is 8.82. The van der Waals surface area contributed by atoms with Gasteiger partial charge in [0.1, 0.15) is 11.4 Å². The van der Waals surface area contributed by atoms with Gasteiger partial charge in [-0.1, -0.05) is 18.2 Å². The number of nitrogens with zero attached hydrogens (tertiary/aromatic N) is 1. The second kappa shape index (κ2) is 7.58. The number of halogens is 4. The molecule has 1 aliphatic heterocycles. The number of anilines is 1. The highest BCUT2D eigenvalue weighted by molar-refractivity contribution is 6.11. The Kier molecular flexibility index (Phi) is 5.27. The molecule has 2 amide bonds. The molecular weight excluding hydrogens is 428 g/mol. The fourth-order valence-corrected chi connectivity index (χ4v) is 4.53. The molecule has 2 aliphatic rings. The van der Waals surface area contributed by atoms with E-state index in [0.717, 1.165) is 25.0 Å². The maximum Gasteiger partial charge on any atom is 0.420 e. The van der Waals surface area contributed by atoms with Gasteiger partial charge in [-0.3, -0.25) is 9.59 Å². The minimum absolute atomic E-state index is 0.0441. The van der Waals surface area contributed by atoms with Crippen molar-refractivity contribution in [3.63, 3.8) is 0 Å². The Balaban J connectivity index is 1.67. The third kappa shape index (κ3) is 3.97. The first kappa shape index (κ1) is 22.3. The number of benzene rings is 2. The summed E-state index contributed by atoms with van der Waals surface area (Å²) >= 11 is 0. The van der Waals surface area contributed by atoms with Crippen molar-refractivity contribution in [1.82, 2.24) is 4.90 Å². The van der Waals surface area contributed by atoms with Crippen LogP contribution in [0.5, 0.6) is 0 Å². The van der Waals surface area contributed by atoms with Crippen molar-refractivity contribution < 1.29 is 32.3 Å². The van der Waals surface area contributed by atoms with Crippen LogP contribution in [0.15, 0.2) is 36.4 Å². The minimum atomic E-state index is -5.06. The Hall–Kier alpha value is -2.94. The number of carbonyl (C=O) groups excluding carboxylic acids is 2. The largest absolute Gasteiger partial charge is 0.420 e. The molecule has 0 bridgehead atoms. The predicted molar refractivity (Wildman–Crippen MR) is 108 cm³/mol. The molecule has 0 spiro atoms. The van der Waals surface area contributed by atoms with Crippen molar-refractivity contribution in [2.75, 3.05) is 5.32 Å². The zero-order chi connectivity index (χ0) is 23.4. The average Bonchev–Trinajstić information content (AvgIpc) is 3.44. The van der Waals surface area contributed by atoms with Crippen molar-refractivity contribution in [1.29, 1.82) is 0 Å². The van der Waals surface area contributed by atoms with Crippen molar-refractivity contribution in [3.05, 3.63) is 64.5 Å². The molecule has 0 radical (unpaired) electrons. The fourth-order valence-electron chi connectivity index (χ4n) is 4.53. The molecule has 1 fully saturated rings. The van der Waals surface area contributed by atoms with Crippen LogP contribution in [0.3, 0.4) is 0 Å². The number of amides is 2. The van der Waals surface area contributed by atoms with Gasteiger partial charge in [0, 0.05) is 6.54 Å². The minimum Gasteiger partial charge on any atom is -0.388 e. The molecule has 2 N–H and O–H groups in total. The SMILES string of the molecule is CC(C)(O)[C@@H](C1CC1)N1Cc2cccc(NC(=O)c3cccc(F)c3C(F)(F)F)c2C1=O. The van der Waals surface area contributed by atoms with Gasteiger partial charge in [-0.05, 0) is 56.4 Å². The first-order valence-electron chi connectivity index (χ1n) is 10.2. The van der Waals surface area contributed by atoms with E-state index in [9.17, 15) is 32.3 Å². The van der Waals surface area contributed by atoms with E-state index in [4.69, 9.17) is 0 Å². The molecule has 170 valence electrons. The van der Waals surface area contributed by atoms with Crippen LogP contribution in [-0.4, -0.2) is 33.5 Å². The van der Waals surface area contributed by atoms with Crippen molar-refractivity contribution in [2.24, 2.45) is 5.92 Å². The molecule has 9 heteroatoms. The smallest absolute Gasteiger partial charge is 0.388 e. The van der Waals surface area contributed by atoms with Crippen LogP contribution in [0.2, 0.25) is 0 Å². The second-order valence-electron chi connectivity index (χ2n) is 8.82. The van der Waals surface area contributed by atoms with Crippen LogP contribution >= 0.6 is 0 Å². The van der Waals surface area contributed by atoms with Crippen molar-refractivity contribution in [2.45, 2.75) is 51.1 Å². The Morgan fingerprint density at radius 2 is 1.81 bits per heavy atom. The normalized spacial score (nSPS) is 17.3. The zero-order valence-electron chi connectivity index (χ0n) is 17.5. The lowest BCUT2D eigenvalue weighted by Gasteiger charge is -2.37. The van der Waals surface area contributed by atoms with Crippen LogP contribution in [0.25, 0.3) is 0 Å². The summed E-state index contributed by atoms with van der Waals surface area (Å²) in [5, 5.41) is 13.0. The van der Waals surface area contributed by atoms with Crippen LogP contribution in [0, 0.1) is 11.7 Å². The molecule has 32 heavy (non-hydrogen) atoms. The number of hydrogen-bond acceptors (Lipinski definition) is 3. The quantitative estimate of drug-likeness (QED) is 0.654. The maximum atomic E-state index is 13.9. The van der Waals surface area contributed by atoms with Gasteiger partial charge in [0.15, 0.2) is 0 Å². The summed E-state index contributed by atoms with van der Waals surface area (Å²) in [4.78, 5) is 27.5. The van der Waals surface area contributed by atoms with Gasteiger partial charge < -0.3 is 15.3 Å². The number of aliphatic hydroxyl groups is 1. The molecule has 0 aromatic heterocycles. The average molecular weight is 450 g/mol. The lowest BCUT2D eigenvalue weighted by Crippen LogP contribution is -2.51. The molecule has 0 unspecified atom stereocenters. The Bertz CT molecular complexity index is 1090. The molecule has 2 aromatic carbocycles. The molecular formula is C23H22F4N2O3. The fraction of sp³-hybridized carbons (Fsp3) is 0.391. The standard InChI is InChI=1S/C23H22F4N2O3/c1-22(2,32)19(12-9-10-12)29-11-13-5-3-8-16(17(13)21(29)31)28-20(30)14-6-4-7-15(24)18(14)23(25,26)27/h3-8,12,19,32H,9-11H2,1-2H3,(H,28,30)/t19-/m1/s1. The van der Waals surface area contributed by atoms with Gasteiger partial charge in [0.25, 0.3) is 11.8 Å². The maximum absolute atomic E-state index is 13.9. The Labute approximate surface area is 182 Å². The first-order valence-corrected chi connectivity index (χ1v) is 10.2. The molecule has 1 atom stereocenters. The molecule has 1 saturated carbocycles. The number of alkyl halides is 3. The van der Waals surface area contributed by atoms with Gasteiger partial charge in [-0.2, -0.15) is 13.2 Å². The number of nitrogens with one attached hydrogen (secondary N) is 1. The van der Waals surface area contributed by atoms with Crippen LogP contribution < -0.4 is 5.32 Å². The van der Waals surface area contributed by atoms with Crippen molar-refractivity contribution >= 4 is 17.5 Å². The molecule has 0 saturated heterocycles. The predicted octanol–water partition coefficient (Wildman–Crippen LogP) is 4.60. The van der Waals surface area contributed by atoms with Gasteiger partial charge in [-0.15, -0.1) is 0 Å². The van der Waals surface area contributed by atoms with E-state index in [0.29, 0.717) is 11.6 Å². The highest BCUT2D eigenvalue weighted by Gasteiger charge is 2.48. The molecule has 5 nitrogen and oxygen atoms in total. The summed E-state index contributed by atoms with van der Waals surface area (Å²) in [7, 11) is 0. The van der Waals surface area contributed by atoms with Gasteiger partial charge in [0.2, 0.25) is 0 Å². The zero-order valence-corrected chi connectivity index (χ0v) is 17.5. The van der Waals surface area contributed by atoms with Crippen LogP contribution in [0.4, 0.5) is 23.2 Å². The van der Waals surface area contributed by atoms with Crippen LogP contribution in [0.1, 0.15) is 58.5 Å². The monoisotopic (exact) mass is 450 g/mol. The number of hydrogen-bond donors (Lipinski definition) is 2. The number of rotatable bonds is 5. The molecule has 1 aliphatic carbocycles. The number of fused-ring (bicyclic) bond motifs is 1. The van der Waals surface area contributed by atoms with E-state index < -0.39 is 46.6 Å². The molecule has 2 aromatic rings. The van der Waals surface area contributed by atoms with E-state index >= 15 is 0 Å². The lowest BCUT2D eigenvalue weighted by molar-refractivity contribution is -0.140. The highest BCUT2D eigenvalue weighted by Crippen LogP contribution is 2.44. The first-order chi connectivity index (χ1) is 14.9. The van der Waals surface area contributed by atoms with Gasteiger partial charge in [0.05, 0.1) is 28.5 Å². The van der Waals surface area contributed by atoms with Crippen molar-refractivity contribution in [3.8, 4) is 0 Å². The third-order valence-electron chi connectivity index (χ3n) is 5.88. The van der Waals surface area contributed by atoms with Gasteiger partial charge >= 0.3 is 6.18 Å². The highest BCUT2D eigenvalue weighted by atomic mass is 19.4. The van der Waals surface area contributed by atoms with E-state index in [1.165, 1.54) is 6.07 Å². The molecule has 1 heterocycles. The summed E-state index contributed by atoms with van der Waals surface area (Å²) in [5.74, 6) is -2.97. The number of carbonyl (C=O) groups is 2. The summed E-state index contributed by atoms with van der Waals surface area (Å²) < 4.78 is 53.8. The van der Waals surface area contributed by atoms with Crippen LogP contribution in [-0.2, 0) is 12.7 Å². The molecule has 4 rings (SSSR count). The summed E-state index contributed by atoms with van der Waals surface area (Å²) in [6, 6.07) is 6.81. The lowest BCUT2D eigenvalue weighted by atomic mass is 9.93. The van der Waals surface area contributed by atoms with E-state index in [2.05, 4.69) is 5.32 Å². The summed E-state index contributed by atoms with van der Waals surface area (Å²) in [6.45, 7) is 3.49. The topological polar surface area (TPSA) is 69.6 Å². The van der Waals surface area contributed by atoms with E-state index in [1.54, 1.807) is 30.9 Å². The Morgan fingerprint density at radius 1 is 1.16 bits per heavy atom. The van der Waals surface area contributed by atoms with E-state index in [1.807, 2.05) is 0 Å². The van der Waals surface area contributed by atoms with E-state index in [-0.39, 0.29) is 23.7 Å². The summed E-state index contributed by atoms with van der Waals surface area (Å²) in [5.41, 5.74) is -2.87. The third-order valence-corrected chi connectivity index (χ3v) is 5.88. The van der Waals surface area contributed by atoms with Gasteiger partial charge in [-0.25, -0.2) is 4.39 Å². The Morgan fingerprint density at radius 3 is 2.41 bits per heavy atom.